The standard InChI is InChI=1S/C20H12F4S/c1-9-3-5-11(17(23)15(9)21)12-7-8-14-13-6-4-10(2)16(22)19(13)25-20(14)18(12)24/h3-8H,1-2H3. The highest BCUT2D eigenvalue weighted by atomic mass is 32.1. The molecule has 0 N–H and O–H groups in total. The highest BCUT2D eigenvalue weighted by molar-refractivity contribution is 7.25. The predicted octanol–water partition coefficient (Wildman–Crippen LogP) is 6.89. The second-order valence-corrected chi connectivity index (χ2v) is 7.06. The third kappa shape index (κ3) is 2.26. The molecule has 0 amide bonds. The third-order valence-corrected chi connectivity index (χ3v) is 5.65. The first kappa shape index (κ1) is 16.1. The Morgan fingerprint density at radius 1 is 0.560 bits per heavy atom. The van der Waals surface area contributed by atoms with E-state index in [0.717, 1.165) is 11.3 Å². The Labute approximate surface area is 145 Å². The van der Waals surface area contributed by atoms with Gasteiger partial charge in [0.15, 0.2) is 11.6 Å². The molecule has 0 aliphatic carbocycles. The van der Waals surface area contributed by atoms with Crippen LogP contribution in [-0.2, 0) is 0 Å². The summed E-state index contributed by atoms with van der Waals surface area (Å²) in [7, 11) is 0. The van der Waals surface area contributed by atoms with Crippen molar-refractivity contribution in [2.45, 2.75) is 13.8 Å². The zero-order valence-electron chi connectivity index (χ0n) is 13.4. The monoisotopic (exact) mass is 360 g/mol. The van der Waals surface area contributed by atoms with Crippen molar-refractivity contribution in [1.29, 1.82) is 0 Å². The van der Waals surface area contributed by atoms with Gasteiger partial charge in [0.05, 0.1) is 9.40 Å². The van der Waals surface area contributed by atoms with Gasteiger partial charge in [0, 0.05) is 21.9 Å². The molecule has 0 saturated carbocycles. The number of hydrogen-bond donors (Lipinski definition) is 0. The van der Waals surface area contributed by atoms with E-state index in [0.29, 0.717) is 21.0 Å². The molecule has 126 valence electrons. The first-order chi connectivity index (χ1) is 11.9. The Morgan fingerprint density at radius 2 is 1.04 bits per heavy atom. The second kappa shape index (κ2) is 5.56. The molecule has 4 aromatic rings. The minimum atomic E-state index is -1.08. The molecule has 0 aliphatic heterocycles. The molecule has 25 heavy (non-hydrogen) atoms. The summed E-state index contributed by atoms with van der Waals surface area (Å²) in [5, 5.41) is 1.18. The maximum absolute atomic E-state index is 15.0. The molecule has 0 fully saturated rings. The first-order valence-corrected chi connectivity index (χ1v) is 8.46. The van der Waals surface area contributed by atoms with E-state index >= 15 is 4.39 Å². The highest BCUT2D eigenvalue weighted by Gasteiger charge is 2.20. The number of rotatable bonds is 1. The van der Waals surface area contributed by atoms with E-state index in [4.69, 9.17) is 0 Å². The van der Waals surface area contributed by atoms with Crippen LogP contribution in [0, 0.1) is 37.1 Å². The number of benzene rings is 3. The minimum absolute atomic E-state index is 0.0346. The van der Waals surface area contributed by atoms with E-state index in [9.17, 15) is 13.2 Å². The van der Waals surface area contributed by atoms with Gasteiger partial charge in [-0.25, -0.2) is 17.6 Å². The number of aryl methyl sites for hydroxylation is 2. The quantitative estimate of drug-likeness (QED) is 0.324. The molecule has 0 bridgehead atoms. The van der Waals surface area contributed by atoms with Crippen molar-refractivity contribution in [2.75, 3.05) is 0 Å². The van der Waals surface area contributed by atoms with E-state index in [-0.39, 0.29) is 27.2 Å². The van der Waals surface area contributed by atoms with Crippen molar-refractivity contribution in [3.63, 3.8) is 0 Å². The molecular formula is C20H12F4S. The SMILES string of the molecule is Cc1ccc(-c2ccc3c(sc4c(F)c(C)ccc43)c2F)c(F)c1F. The van der Waals surface area contributed by atoms with Gasteiger partial charge in [-0.05, 0) is 25.0 Å². The van der Waals surface area contributed by atoms with Crippen LogP contribution in [0.15, 0.2) is 36.4 Å². The van der Waals surface area contributed by atoms with Crippen LogP contribution in [0.5, 0.6) is 0 Å². The van der Waals surface area contributed by atoms with E-state index in [1.807, 2.05) is 0 Å². The summed E-state index contributed by atoms with van der Waals surface area (Å²) in [6.07, 6.45) is 0. The van der Waals surface area contributed by atoms with Crippen LogP contribution >= 0.6 is 11.3 Å². The largest absolute Gasteiger partial charge is 0.205 e. The summed E-state index contributed by atoms with van der Waals surface area (Å²) < 4.78 is 58.1. The molecule has 0 nitrogen and oxygen atoms in total. The van der Waals surface area contributed by atoms with E-state index in [1.54, 1.807) is 25.1 Å². The normalized spacial score (nSPS) is 11.6. The molecule has 0 aliphatic rings. The van der Waals surface area contributed by atoms with Crippen molar-refractivity contribution < 1.29 is 17.6 Å². The van der Waals surface area contributed by atoms with Crippen LogP contribution in [0.2, 0.25) is 0 Å². The Kier molecular flexibility index (Phi) is 3.58. The molecule has 4 rings (SSSR count). The van der Waals surface area contributed by atoms with Gasteiger partial charge in [-0.1, -0.05) is 36.4 Å². The van der Waals surface area contributed by atoms with Gasteiger partial charge in [0.1, 0.15) is 11.6 Å². The molecule has 0 unspecified atom stereocenters. The minimum Gasteiger partial charge on any atom is -0.205 e. The Bertz CT molecular complexity index is 1160. The van der Waals surface area contributed by atoms with Crippen molar-refractivity contribution in [2.24, 2.45) is 0 Å². The summed E-state index contributed by atoms with van der Waals surface area (Å²) in [6, 6.07) is 9.19. The van der Waals surface area contributed by atoms with Crippen LogP contribution in [-0.4, -0.2) is 0 Å². The summed E-state index contributed by atoms with van der Waals surface area (Å²) in [4.78, 5) is 0. The van der Waals surface area contributed by atoms with Gasteiger partial charge in [0.2, 0.25) is 0 Å². The van der Waals surface area contributed by atoms with Crippen LogP contribution < -0.4 is 0 Å². The Balaban J connectivity index is 2.05. The van der Waals surface area contributed by atoms with Gasteiger partial charge >= 0.3 is 0 Å². The second-order valence-electron chi connectivity index (χ2n) is 6.04. The predicted molar refractivity (Wildman–Crippen MR) is 94.1 cm³/mol. The van der Waals surface area contributed by atoms with Gasteiger partial charge in [-0.3, -0.25) is 0 Å². The lowest BCUT2D eigenvalue weighted by Crippen LogP contribution is -1.95. The summed E-state index contributed by atoms with van der Waals surface area (Å²) in [5.41, 5.74) is 0.456. The molecule has 0 atom stereocenters. The van der Waals surface area contributed by atoms with Crippen molar-refractivity contribution >= 4 is 31.5 Å². The number of hydrogen-bond acceptors (Lipinski definition) is 1. The zero-order valence-corrected chi connectivity index (χ0v) is 14.2. The Hall–Kier alpha value is -2.40. The average molecular weight is 360 g/mol. The first-order valence-electron chi connectivity index (χ1n) is 7.65. The molecule has 0 radical (unpaired) electrons. The topological polar surface area (TPSA) is 0 Å². The summed E-state index contributed by atoms with van der Waals surface area (Å²) >= 11 is 0.985. The number of fused-ring (bicyclic) bond motifs is 3. The van der Waals surface area contributed by atoms with Gasteiger partial charge in [0.25, 0.3) is 0 Å². The Morgan fingerprint density at radius 3 is 1.76 bits per heavy atom. The van der Waals surface area contributed by atoms with E-state index in [2.05, 4.69) is 0 Å². The fourth-order valence-corrected chi connectivity index (χ4v) is 4.23. The summed E-state index contributed by atoms with van der Waals surface area (Å²) in [5.74, 6) is -3.12. The third-order valence-electron chi connectivity index (χ3n) is 4.45. The van der Waals surface area contributed by atoms with Gasteiger partial charge < -0.3 is 0 Å². The smallest absolute Gasteiger partial charge is 0.167 e. The van der Waals surface area contributed by atoms with E-state index < -0.39 is 17.5 Å². The molecule has 0 saturated heterocycles. The average Bonchev–Trinajstić information content (AvgIpc) is 2.98. The van der Waals surface area contributed by atoms with Crippen LogP contribution in [0.1, 0.15) is 11.1 Å². The summed E-state index contributed by atoms with van der Waals surface area (Å²) in [6.45, 7) is 3.09. The highest BCUT2D eigenvalue weighted by Crippen LogP contribution is 2.41. The number of halogens is 4. The molecular weight excluding hydrogens is 348 g/mol. The van der Waals surface area contributed by atoms with Crippen LogP contribution in [0.4, 0.5) is 17.6 Å². The molecule has 3 aromatic carbocycles. The maximum atomic E-state index is 15.0. The van der Waals surface area contributed by atoms with Crippen LogP contribution in [0.25, 0.3) is 31.3 Å². The lowest BCUT2D eigenvalue weighted by molar-refractivity contribution is 0.505. The van der Waals surface area contributed by atoms with Crippen molar-refractivity contribution in [1.82, 2.24) is 0 Å². The zero-order chi connectivity index (χ0) is 17.9. The van der Waals surface area contributed by atoms with Crippen LogP contribution in [0.3, 0.4) is 0 Å². The lowest BCUT2D eigenvalue weighted by Gasteiger charge is -2.08. The molecule has 5 heteroatoms. The van der Waals surface area contributed by atoms with E-state index in [1.165, 1.54) is 25.1 Å². The van der Waals surface area contributed by atoms with Gasteiger partial charge in [-0.2, -0.15) is 0 Å². The maximum Gasteiger partial charge on any atom is 0.167 e. The molecule has 0 spiro atoms. The fourth-order valence-electron chi connectivity index (χ4n) is 3.00. The molecule has 1 heterocycles. The van der Waals surface area contributed by atoms with Gasteiger partial charge in [-0.15, -0.1) is 11.3 Å². The molecule has 1 aromatic heterocycles. The number of thiophene rings is 1. The van der Waals surface area contributed by atoms with Crippen molar-refractivity contribution in [3.8, 4) is 11.1 Å². The fraction of sp³-hybridized carbons (Fsp3) is 0.100. The lowest BCUT2D eigenvalue weighted by atomic mass is 10.0. The van der Waals surface area contributed by atoms with Crippen molar-refractivity contribution in [3.05, 3.63) is 70.8 Å².